The van der Waals surface area contributed by atoms with Crippen LogP contribution in [-0.4, -0.2) is 12.7 Å². The Hall–Kier alpha value is -0.300. The molecule has 0 heterocycles. The second-order valence-electron chi connectivity index (χ2n) is 6.67. The van der Waals surface area contributed by atoms with Gasteiger partial charge in [-0.05, 0) is 75.5 Å². The molecule has 0 aromatic carbocycles. The molecule has 2 rings (SSSR count). The van der Waals surface area contributed by atoms with E-state index in [9.17, 15) is 0 Å². The van der Waals surface area contributed by atoms with Crippen molar-refractivity contribution in [3.05, 3.63) is 12.7 Å². The van der Waals surface area contributed by atoms with Crippen molar-refractivity contribution in [3.63, 3.8) is 0 Å². The van der Waals surface area contributed by atoms with Gasteiger partial charge in [0, 0.05) is 6.61 Å². The summed E-state index contributed by atoms with van der Waals surface area (Å²) in [5.74, 6) is 2.81. The Morgan fingerprint density at radius 1 is 0.947 bits per heavy atom. The second kappa shape index (κ2) is 8.09. The van der Waals surface area contributed by atoms with E-state index in [0.717, 1.165) is 24.4 Å². The maximum Gasteiger partial charge on any atom is 0.0575 e. The molecule has 0 aromatic rings. The third-order valence-corrected chi connectivity index (χ3v) is 5.39. The fourth-order valence-electron chi connectivity index (χ4n) is 3.97. The smallest absolute Gasteiger partial charge is 0.0575 e. The third-order valence-electron chi connectivity index (χ3n) is 5.39. The van der Waals surface area contributed by atoms with Gasteiger partial charge in [-0.25, -0.2) is 0 Å². The first-order valence-corrected chi connectivity index (χ1v) is 8.57. The highest BCUT2D eigenvalue weighted by molar-refractivity contribution is 4.87. The minimum atomic E-state index is 0.576. The molecule has 110 valence electrons. The fraction of sp³-hybridized carbons (Fsp3) is 0.889. The number of ether oxygens (including phenoxy) is 1. The molecule has 0 amide bonds. The summed E-state index contributed by atoms with van der Waals surface area (Å²) in [5.41, 5.74) is 0. The van der Waals surface area contributed by atoms with E-state index in [1.54, 1.807) is 0 Å². The normalized spacial score (nSPS) is 36.1. The molecule has 0 unspecified atom stereocenters. The van der Waals surface area contributed by atoms with Crippen LogP contribution in [0, 0.1) is 17.8 Å². The van der Waals surface area contributed by atoms with E-state index >= 15 is 0 Å². The molecule has 0 aliphatic heterocycles. The fourth-order valence-corrected chi connectivity index (χ4v) is 3.97. The van der Waals surface area contributed by atoms with Crippen LogP contribution < -0.4 is 0 Å². The van der Waals surface area contributed by atoms with Crippen molar-refractivity contribution in [2.45, 2.75) is 77.2 Å². The van der Waals surface area contributed by atoms with Crippen LogP contribution in [0.4, 0.5) is 0 Å². The Morgan fingerprint density at radius 3 is 2.05 bits per heavy atom. The van der Waals surface area contributed by atoms with Gasteiger partial charge in [-0.1, -0.05) is 19.4 Å². The van der Waals surface area contributed by atoms with E-state index in [2.05, 4.69) is 19.6 Å². The first-order valence-electron chi connectivity index (χ1n) is 8.57. The number of allylic oxidation sites excluding steroid dienone is 1. The minimum absolute atomic E-state index is 0.576. The summed E-state index contributed by atoms with van der Waals surface area (Å²) in [6.45, 7) is 7.17. The van der Waals surface area contributed by atoms with Crippen LogP contribution in [0.3, 0.4) is 0 Å². The summed E-state index contributed by atoms with van der Waals surface area (Å²) in [5, 5.41) is 0. The average molecular weight is 264 g/mol. The molecule has 0 aromatic heterocycles. The molecular formula is C18H32O. The summed E-state index contributed by atoms with van der Waals surface area (Å²) in [6, 6.07) is 0. The van der Waals surface area contributed by atoms with Crippen LogP contribution in [0.2, 0.25) is 0 Å². The lowest BCUT2D eigenvalue weighted by Gasteiger charge is -2.37. The van der Waals surface area contributed by atoms with E-state index in [1.807, 2.05) is 0 Å². The minimum Gasteiger partial charge on any atom is -0.378 e. The highest BCUT2D eigenvalue weighted by atomic mass is 16.5. The van der Waals surface area contributed by atoms with Crippen LogP contribution in [-0.2, 0) is 4.74 Å². The molecule has 2 aliphatic carbocycles. The Bertz CT molecular complexity index is 244. The zero-order valence-electron chi connectivity index (χ0n) is 12.8. The number of unbranched alkanes of at least 4 members (excludes halogenated alkanes) is 1. The maximum absolute atomic E-state index is 5.98. The van der Waals surface area contributed by atoms with Crippen molar-refractivity contribution in [3.8, 4) is 0 Å². The topological polar surface area (TPSA) is 9.23 Å². The molecule has 0 radical (unpaired) electrons. The van der Waals surface area contributed by atoms with Gasteiger partial charge < -0.3 is 4.74 Å². The second-order valence-corrected chi connectivity index (χ2v) is 6.67. The highest BCUT2D eigenvalue weighted by Crippen LogP contribution is 2.40. The molecular weight excluding hydrogens is 232 g/mol. The molecule has 0 spiro atoms. The molecule has 1 nitrogen and oxygen atoms in total. The Kier molecular flexibility index (Phi) is 6.43. The standard InChI is InChI=1S/C18H32O/c1-3-5-14-19-18-12-10-17(11-13-18)16-8-6-15(4-2)7-9-16/h4,15-18H,2-3,5-14H2,1H3/t15-,16-,17?,18?. The molecule has 2 fully saturated rings. The van der Waals surface area contributed by atoms with Gasteiger partial charge in [-0.2, -0.15) is 0 Å². The number of hydrogen-bond donors (Lipinski definition) is 0. The van der Waals surface area contributed by atoms with Gasteiger partial charge >= 0.3 is 0 Å². The SMILES string of the molecule is C=C[C@H]1CC[C@H](C2CCC(OCCCC)CC2)CC1. The van der Waals surface area contributed by atoms with Crippen LogP contribution in [0.15, 0.2) is 12.7 Å². The van der Waals surface area contributed by atoms with Gasteiger partial charge in [0.2, 0.25) is 0 Å². The van der Waals surface area contributed by atoms with Crippen molar-refractivity contribution in [1.29, 1.82) is 0 Å². The Balaban J connectivity index is 1.64. The maximum atomic E-state index is 5.98. The Morgan fingerprint density at radius 2 is 1.53 bits per heavy atom. The van der Waals surface area contributed by atoms with Gasteiger partial charge in [0.25, 0.3) is 0 Å². The van der Waals surface area contributed by atoms with Crippen LogP contribution in [0.1, 0.15) is 71.1 Å². The zero-order chi connectivity index (χ0) is 13.5. The highest BCUT2D eigenvalue weighted by Gasteiger charge is 2.30. The zero-order valence-corrected chi connectivity index (χ0v) is 12.8. The largest absolute Gasteiger partial charge is 0.378 e. The first kappa shape index (κ1) is 15.1. The quantitative estimate of drug-likeness (QED) is 0.464. The summed E-state index contributed by atoms with van der Waals surface area (Å²) in [4.78, 5) is 0. The molecule has 0 saturated heterocycles. The lowest BCUT2D eigenvalue weighted by atomic mass is 9.70. The van der Waals surface area contributed by atoms with E-state index in [1.165, 1.54) is 64.2 Å². The van der Waals surface area contributed by atoms with E-state index in [0.29, 0.717) is 6.10 Å². The molecule has 1 heteroatoms. The van der Waals surface area contributed by atoms with Crippen molar-refractivity contribution < 1.29 is 4.74 Å². The third kappa shape index (κ3) is 4.63. The van der Waals surface area contributed by atoms with Crippen molar-refractivity contribution in [1.82, 2.24) is 0 Å². The average Bonchev–Trinajstić information content (AvgIpc) is 2.48. The summed E-state index contributed by atoms with van der Waals surface area (Å²) < 4.78 is 5.98. The summed E-state index contributed by atoms with van der Waals surface area (Å²) in [7, 11) is 0. The number of rotatable bonds is 6. The van der Waals surface area contributed by atoms with Gasteiger partial charge in [-0.3, -0.25) is 0 Å². The molecule has 0 bridgehead atoms. The Labute approximate surface area is 119 Å². The van der Waals surface area contributed by atoms with E-state index in [4.69, 9.17) is 4.74 Å². The van der Waals surface area contributed by atoms with Gasteiger partial charge in [0.1, 0.15) is 0 Å². The summed E-state index contributed by atoms with van der Waals surface area (Å²) >= 11 is 0. The van der Waals surface area contributed by atoms with Crippen molar-refractivity contribution >= 4 is 0 Å². The van der Waals surface area contributed by atoms with E-state index in [-0.39, 0.29) is 0 Å². The lowest BCUT2D eigenvalue weighted by molar-refractivity contribution is 0.00645. The predicted octanol–water partition coefficient (Wildman–Crippen LogP) is 5.35. The van der Waals surface area contributed by atoms with Gasteiger partial charge in [0.15, 0.2) is 0 Å². The van der Waals surface area contributed by atoms with Crippen LogP contribution in [0.5, 0.6) is 0 Å². The molecule has 2 saturated carbocycles. The number of hydrogen-bond acceptors (Lipinski definition) is 1. The molecule has 0 N–H and O–H groups in total. The van der Waals surface area contributed by atoms with Gasteiger partial charge in [-0.15, -0.1) is 6.58 Å². The van der Waals surface area contributed by atoms with Crippen molar-refractivity contribution in [2.75, 3.05) is 6.61 Å². The molecule has 2 aliphatic rings. The molecule has 0 atom stereocenters. The van der Waals surface area contributed by atoms with Crippen LogP contribution in [0.25, 0.3) is 0 Å². The van der Waals surface area contributed by atoms with Gasteiger partial charge in [0.05, 0.1) is 6.10 Å². The lowest BCUT2D eigenvalue weighted by Crippen LogP contribution is -2.28. The molecule has 19 heavy (non-hydrogen) atoms. The van der Waals surface area contributed by atoms with Crippen LogP contribution >= 0.6 is 0 Å². The summed E-state index contributed by atoms with van der Waals surface area (Å²) in [6.07, 6.45) is 16.4. The van der Waals surface area contributed by atoms with Crippen molar-refractivity contribution in [2.24, 2.45) is 17.8 Å². The predicted molar refractivity (Wildman–Crippen MR) is 82.3 cm³/mol. The monoisotopic (exact) mass is 264 g/mol. The first-order chi connectivity index (χ1) is 9.33. The van der Waals surface area contributed by atoms with E-state index < -0.39 is 0 Å².